The van der Waals surface area contributed by atoms with Gasteiger partial charge in [-0.15, -0.1) is 0 Å². The SMILES string of the molecule is C[C@@H](OC(=O)c1ccccn1)C(=O)Nc1ccc([N+](=O)[O-])cc1Cl. The van der Waals surface area contributed by atoms with E-state index in [0.717, 1.165) is 6.07 Å². The lowest BCUT2D eigenvalue weighted by Gasteiger charge is -2.13. The fourth-order valence-corrected chi connectivity index (χ4v) is 1.93. The molecule has 1 aromatic carbocycles. The predicted octanol–water partition coefficient (Wildman–Crippen LogP) is 2.83. The first-order chi connectivity index (χ1) is 11.4. The molecule has 9 heteroatoms. The topological polar surface area (TPSA) is 111 Å². The summed E-state index contributed by atoms with van der Waals surface area (Å²) in [6, 6.07) is 8.33. The van der Waals surface area contributed by atoms with Gasteiger partial charge in [0.15, 0.2) is 6.10 Å². The first-order valence-electron chi connectivity index (χ1n) is 6.75. The molecule has 1 aromatic heterocycles. The van der Waals surface area contributed by atoms with E-state index in [4.69, 9.17) is 16.3 Å². The van der Waals surface area contributed by atoms with E-state index in [1.807, 2.05) is 0 Å². The number of ether oxygens (including phenoxy) is 1. The molecule has 2 aromatic rings. The Morgan fingerprint density at radius 2 is 2.08 bits per heavy atom. The Morgan fingerprint density at radius 1 is 1.33 bits per heavy atom. The van der Waals surface area contributed by atoms with E-state index >= 15 is 0 Å². The molecule has 0 bridgehead atoms. The number of halogens is 1. The van der Waals surface area contributed by atoms with Gasteiger partial charge >= 0.3 is 5.97 Å². The summed E-state index contributed by atoms with van der Waals surface area (Å²) in [4.78, 5) is 37.8. The number of nitro benzene ring substituents is 1. The van der Waals surface area contributed by atoms with E-state index < -0.39 is 22.9 Å². The van der Waals surface area contributed by atoms with Gasteiger partial charge in [0.2, 0.25) is 0 Å². The zero-order valence-electron chi connectivity index (χ0n) is 12.4. The van der Waals surface area contributed by atoms with Gasteiger partial charge in [0, 0.05) is 18.3 Å². The van der Waals surface area contributed by atoms with Crippen molar-refractivity contribution < 1.29 is 19.2 Å². The third kappa shape index (κ3) is 4.26. The molecule has 1 heterocycles. The number of esters is 1. The Bertz CT molecular complexity index is 782. The van der Waals surface area contributed by atoms with E-state index in [-0.39, 0.29) is 22.1 Å². The molecule has 0 unspecified atom stereocenters. The Kier molecular flexibility index (Phi) is 5.43. The average Bonchev–Trinajstić information content (AvgIpc) is 2.57. The largest absolute Gasteiger partial charge is 0.448 e. The van der Waals surface area contributed by atoms with Gasteiger partial charge in [-0.3, -0.25) is 14.9 Å². The molecule has 124 valence electrons. The highest BCUT2D eigenvalue weighted by Gasteiger charge is 2.21. The van der Waals surface area contributed by atoms with E-state index in [0.29, 0.717) is 0 Å². The van der Waals surface area contributed by atoms with Crippen LogP contribution in [0.25, 0.3) is 0 Å². The molecule has 1 N–H and O–H groups in total. The number of nitro groups is 1. The summed E-state index contributed by atoms with van der Waals surface area (Å²) < 4.78 is 5.01. The molecule has 2 rings (SSSR count). The molecular formula is C15H12ClN3O5. The summed E-state index contributed by atoms with van der Waals surface area (Å²) in [6.45, 7) is 1.38. The van der Waals surface area contributed by atoms with Gasteiger partial charge in [0.1, 0.15) is 5.69 Å². The second kappa shape index (κ2) is 7.51. The molecule has 1 amide bonds. The minimum Gasteiger partial charge on any atom is -0.448 e. The molecule has 0 aliphatic heterocycles. The number of rotatable bonds is 5. The number of carbonyl (C=O) groups is 2. The Morgan fingerprint density at radius 3 is 2.67 bits per heavy atom. The highest BCUT2D eigenvalue weighted by molar-refractivity contribution is 6.34. The number of nitrogens with one attached hydrogen (secondary N) is 1. The van der Waals surface area contributed by atoms with Crippen molar-refractivity contribution in [2.24, 2.45) is 0 Å². The maximum absolute atomic E-state index is 12.0. The van der Waals surface area contributed by atoms with Crippen LogP contribution in [0.3, 0.4) is 0 Å². The number of non-ortho nitro benzene ring substituents is 1. The van der Waals surface area contributed by atoms with Gasteiger partial charge in [-0.05, 0) is 25.1 Å². The average molecular weight is 350 g/mol. The summed E-state index contributed by atoms with van der Waals surface area (Å²) in [5.41, 5.74) is 0.0474. The number of pyridine rings is 1. The zero-order chi connectivity index (χ0) is 17.7. The van der Waals surface area contributed by atoms with Crippen LogP contribution in [0.15, 0.2) is 42.6 Å². The van der Waals surface area contributed by atoms with Crippen LogP contribution >= 0.6 is 11.6 Å². The highest BCUT2D eigenvalue weighted by Crippen LogP contribution is 2.26. The van der Waals surface area contributed by atoms with E-state index in [1.165, 1.54) is 31.3 Å². The number of amides is 1. The number of aromatic nitrogens is 1. The van der Waals surface area contributed by atoms with Crippen molar-refractivity contribution in [3.05, 3.63) is 63.4 Å². The molecule has 0 fully saturated rings. The highest BCUT2D eigenvalue weighted by atomic mass is 35.5. The summed E-state index contributed by atoms with van der Waals surface area (Å²) in [5, 5.41) is 13.1. The van der Waals surface area contributed by atoms with Gasteiger partial charge in [0.25, 0.3) is 11.6 Å². The minimum absolute atomic E-state index is 0.000743. The van der Waals surface area contributed by atoms with Crippen LogP contribution in [0, 0.1) is 10.1 Å². The van der Waals surface area contributed by atoms with Crippen molar-refractivity contribution >= 4 is 34.9 Å². The van der Waals surface area contributed by atoms with Gasteiger partial charge in [-0.2, -0.15) is 0 Å². The summed E-state index contributed by atoms with van der Waals surface area (Å²) in [7, 11) is 0. The van der Waals surface area contributed by atoms with Crippen LogP contribution in [-0.4, -0.2) is 27.9 Å². The Hall–Kier alpha value is -3.00. The lowest BCUT2D eigenvalue weighted by Crippen LogP contribution is -2.30. The molecule has 0 aliphatic carbocycles. The van der Waals surface area contributed by atoms with E-state index in [2.05, 4.69) is 10.3 Å². The Balaban J connectivity index is 2.01. The lowest BCUT2D eigenvalue weighted by molar-refractivity contribution is -0.384. The number of hydrogen-bond donors (Lipinski definition) is 1. The third-order valence-corrected chi connectivity index (χ3v) is 3.26. The van der Waals surface area contributed by atoms with Gasteiger partial charge in [-0.25, -0.2) is 9.78 Å². The molecule has 24 heavy (non-hydrogen) atoms. The number of hydrogen-bond acceptors (Lipinski definition) is 6. The van der Waals surface area contributed by atoms with Crippen LogP contribution in [0.1, 0.15) is 17.4 Å². The maximum Gasteiger partial charge on any atom is 0.357 e. The van der Waals surface area contributed by atoms with Crippen molar-refractivity contribution in [2.75, 3.05) is 5.32 Å². The molecule has 0 spiro atoms. The molecular weight excluding hydrogens is 338 g/mol. The zero-order valence-corrected chi connectivity index (χ0v) is 13.2. The van der Waals surface area contributed by atoms with Crippen LogP contribution in [0.5, 0.6) is 0 Å². The van der Waals surface area contributed by atoms with Crippen molar-refractivity contribution in [1.29, 1.82) is 0 Å². The van der Waals surface area contributed by atoms with E-state index in [1.54, 1.807) is 12.1 Å². The maximum atomic E-state index is 12.0. The molecule has 0 saturated carbocycles. The first kappa shape index (κ1) is 17.4. The van der Waals surface area contributed by atoms with Gasteiger partial charge in [-0.1, -0.05) is 17.7 Å². The van der Waals surface area contributed by atoms with Crippen molar-refractivity contribution in [1.82, 2.24) is 4.98 Å². The monoisotopic (exact) mass is 349 g/mol. The molecule has 8 nitrogen and oxygen atoms in total. The number of carbonyl (C=O) groups excluding carboxylic acids is 2. The Labute approximate surface area is 141 Å². The normalized spacial score (nSPS) is 11.4. The summed E-state index contributed by atoms with van der Waals surface area (Å²) in [5.74, 6) is -1.37. The van der Waals surface area contributed by atoms with Crippen LogP contribution in [0.4, 0.5) is 11.4 Å². The van der Waals surface area contributed by atoms with Gasteiger partial charge in [0.05, 0.1) is 15.6 Å². The van der Waals surface area contributed by atoms with Crippen molar-refractivity contribution in [3.8, 4) is 0 Å². The summed E-state index contributed by atoms with van der Waals surface area (Å²) in [6.07, 6.45) is 0.323. The number of anilines is 1. The number of nitrogens with zero attached hydrogens (tertiary/aromatic N) is 2. The van der Waals surface area contributed by atoms with Crippen LogP contribution in [0.2, 0.25) is 5.02 Å². The predicted molar refractivity (Wildman–Crippen MR) is 85.9 cm³/mol. The number of benzene rings is 1. The van der Waals surface area contributed by atoms with Crippen molar-refractivity contribution in [3.63, 3.8) is 0 Å². The second-order valence-corrected chi connectivity index (χ2v) is 5.08. The van der Waals surface area contributed by atoms with Gasteiger partial charge < -0.3 is 10.1 Å². The van der Waals surface area contributed by atoms with Crippen molar-refractivity contribution in [2.45, 2.75) is 13.0 Å². The smallest absolute Gasteiger partial charge is 0.357 e. The molecule has 0 saturated heterocycles. The van der Waals surface area contributed by atoms with Crippen LogP contribution in [-0.2, 0) is 9.53 Å². The molecule has 0 aliphatic rings. The fourth-order valence-electron chi connectivity index (χ4n) is 1.71. The van der Waals surface area contributed by atoms with Crippen LogP contribution < -0.4 is 5.32 Å². The third-order valence-electron chi connectivity index (χ3n) is 2.95. The molecule has 1 atom stereocenters. The second-order valence-electron chi connectivity index (χ2n) is 4.67. The quantitative estimate of drug-likeness (QED) is 0.504. The van der Waals surface area contributed by atoms with E-state index in [9.17, 15) is 19.7 Å². The minimum atomic E-state index is -1.11. The molecule has 0 radical (unpaired) electrons. The standard InChI is InChI=1S/C15H12ClN3O5/c1-9(24-15(21)13-4-2-3-7-17-13)14(20)18-12-6-5-10(19(22)23)8-11(12)16/h2-9H,1H3,(H,18,20)/t9-/m1/s1. The lowest BCUT2D eigenvalue weighted by atomic mass is 10.2. The summed E-state index contributed by atoms with van der Waals surface area (Å²) >= 11 is 5.89. The first-order valence-corrected chi connectivity index (χ1v) is 7.13. The fraction of sp³-hybridized carbons (Fsp3) is 0.133.